The third-order valence-electron chi connectivity index (χ3n) is 4.08. The predicted molar refractivity (Wildman–Crippen MR) is 91.7 cm³/mol. The van der Waals surface area contributed by atoms with E-state index in [1.165, 1.54) is 11.3 Å². The summed E-state index contributed by atoms with van der Waals surface area (Å²) < 4.78 is 0. The molecule has 2 rings (SSSR count). The second kappa shape index (κ2) is 7.90. The number of hydrogen-bond donors (Lipinski definition) is 0. The van der Waals surface area contributed by atoms with Crippen LogP contribution < -0.4 is 0 Å². The van der Waals surface area contributed by atoms with Crippen LogP contribution in [0.3, 0.4) is 0 Å². The van der Waals surface area contributed by atoms with Crippen molar-refractivity contribution in [2.24, 2.45) is 0 Å². The molecule has 1 fully saturated rings. The predicted octanol–water partition coefficient (Wildman–Crippen LogP) is 3.76. The third kappa shape index (κ3) is 5.08. The molecule has 1 saturated heterocycles. The zero-order valence-electron chi connectivity index (χ0n) is 15.0. The maximum absolute atomic E-state index is 4.57. The Morgan fingerprint density at radius 1 is 1.19 bits per heavy atom. The Labute approximate surface area is 131 Å². The van der Waals surface area contributed by atoms with Gasteiger partial charge in [-0.3, -0.25) is 9.88 Å². The lowest BCUT2D eigenvalue weighted by molar-refractivity contribution is 0.0253. The first-order chi connectivity index (χ1) is 9.88. The lowest BCUT2D eigenvalue weighted by atomic mass is 9.98. The Morgan fingerprint density at radius 3 is 2.33 bits per heavy atom. The summed E-state index contributed by atoms with van der Waals surface area (Å²) in [7, 11) is 2.21. The average molecular weight is 291 g/mol. The van der Waals surface area contributed by atoms with Gasteiger partial charge in [-0.05, 0) is 38.4 Å². The van der Waals surface area contributed by atoms with Crippen LogP contribution in [0.4, 0.5) is 0 Å². The van der Waals surface area contributed by atoms with Gasteiger partial charge in [-0.25, -0.2) is 0 Å². The second-order valence-electron chi connectivity index (χ2n) is 6.72. The number of nitrogens with zero attached hydrogens (tertiary/aromatic N) is 3. The lowest BCUT2D eigenvalue weighted by Crippen LogP contribution is -2.57. The van der Waals surface area contributed by atoms with Gasteiger partial charge in [-0.2, -0.15) is 0 Å². The quantitative estimate of drug-likeness (QED) is 0.845. The second-order valence-corrected chi connectivity index (χ2v) is 6.72. The van der Waals surface area contributed by atoms with Crippen LogP contribution in [0.1, 0.15) is 58.7 Å². The summed E-state index contributed by atoms with van der Waals surface area (Å²) >= 11 is 0. The van der Waals surface area contributed by atoms with Crippen molar-refractivity contribution in [3.05, 3.63) is 29.6 Å². The van der Waals surface area contributed by atoms with Gasteiger partial charge in [0, 0.05) is 43.6 Å². The van der Waals surface area contributed by atoms with E-state index in [9.17, 15) is 0 Å². The Bertz CT molecular complexity index is 409. The first kappa shape index (κ1) is 18.1. The molecular weight excluding hydrogens is 258 g/mol. The molecule has 0 spiro atoms. The first-order valence-corrected chi connectivity index (χ1v) is 8.27. The van der Waals surface area contributed by atoms with Crippen LogP contribution >= 0.6 is 0 Å². The molecule has 0 aromatic carbocycles. The van der Waals surface area contributed by atoms with Crippen LogP contribution in [-0.2, 0) is 6.54 Å². The third-order valence-corrected chi connectivity index (χ3v) is 4.08. The van der Waals surface area contributed by atoms with Crippen molar-refractivity contribution in [3.63, 3.8) is 0 Å². The molecule has 0 bridgehead atoms. The molecule has 1 aliphatic heterocycles. The summed E-state index contributed by atoms with van der Waals surface area (Å²) in [6.45, 7) is 17.5. The molecule has 3 nitrogen and oxygen atoms in total. The molecule has 0 radical (unpaired) electrons. The molecule has 0 N–H and O–H groups in total. The highest BCUT2D eigenvalue weighted by Crippen LogP contribution is 2.22. The van der Waals surface area contributed by atoms with Gasteiger partial charge < -0.3 is 4.90 Å². The van der Waals surface area contributed by atoms with E-state index < -0.39 is 0 Å². The minimum Gasteiger partial charge on any atom is -0.303 e. The van der Waals surface area contributed by atoms with Crippen LogP contribution in [0.2, 0.25) is 0 Å². The van der Waals surface area contributed by atoms with Gasteiger partial charge in [-0.15, -0.1) is 0 Å². The molecule has 120 valence electrons. The largest absolute Gasteiger partial charge is 0.303 e. The molecular formula is C18H33N3. The summed E-state index contributed by atoms with van der Waals surface area (Å²) in [6, 6.07) is 4.40. The molecule has 0 saturated carbocycles. The maximum Gasteiger partial charge on any atom is 0.0429 e. The van der Waals surface area contributed by atoms with Crippen molar-refractivity contribution in [1.82, 2.24) is 14.8 Å². The van der Waals surface area contributed by atoms with Crippen LogP contribution in [0.25, 0.3) is 0 Å². The van der Waals surface area contributed by atoms with Crippen molar-refractivity contribution < 1.29 is 0 Å². The number of rotatable bonds is 3. The van der Waals surface area contributed by atoms with Crippen LogP contribution in [0.15, 0.2) is 18.3 Å². The van der Waals surface area contributed by atoms with Gasteiger partial charge >= 0.3 is 0 Å². The monoisotopic (exact) mass is 291 g/mol. The molecule has 0 amide bonds. The van der Waals surface area contributed by atoms with Crippen LogP contribution in [-0.4, -0.2) is 47.0 Å². The van der Waals surface area contributed by atoms with Crippen LogP contribution in [0.5, 0.6) is 0 Å². The van der Waals surface area contributed by atoms with Crippen molar-refractivity contribution in [1.29, 1.82) is 0 Å². The molecule has 1 aliphatic rings. The van der Waals surface area contributed by atoms with E-state index in [0.717, 1.165) is 26.2 Å². The van der Waals surface area contributed by atoms with Crippen molar-refractivity contribution in [2.45, 2.75) is 59.5 Å². The zero-order chi connectivity index (χ0) is 16.0. The van der Waals surface area contributed by atoms with E-state index in [2.05, 4.69) is 61.7 Å². The lowest BCUT2D eigenvalue weighted by Gasteiger charge is -2.46. The number of hydrogen-bond acceptors (Lipinski definition) is 3. The molecule has 0 aliphatic carbocycles. The van der Waals surface area contributed by atoms with Gasteiger partial charge in [0.15, 0.2) is 0 Å². The van der Waals surface area contributed by atoms with Crippen molar-refractivity contribution in [3.8, 4) is 0 Å². The van der Waals surface area contributed by atoms with Gasteiger partial charge in [-0.1, -0.05) is 33.8 Å². The molecule has 0 unspecified atom stereocenters. The van der Waals surface area contributed by atoms with E-state index in [0.29, 0.717) is 5.92 Å². The number of likely N-dealkylation sites (N-methyl/N-ethyl adjacent to an activating group) is 1. The normalized spacial score (nSPS) is 19.2. The summed E-state index contributed by atoms with van der Waals surface area (Å²) in [6.07, 6.45) is 2.05. The molecule has 2 heterocycles. The fraction of sp³-hybridized carbons (Fsp3) is 0.722. The Morgan fingerprint density at radius 2 is 1.86 bits per heavy atom. The number of piperazine rings is 1. The fourth-order valence-corrected chi connectivity index (χ4v) is 2.82. The summed E-state index contributed by atoms with van der Waals surface area (Å²) in [5.41, 5.74) is 2.74. The van der Waals surface area contributed by atoms with Gasteiger partial charge in [0.05, 0.1) is 0 Å². The summed E-state index contributed by atoms with van der Waals surface area (Å²) in [4.78, 5) is 9.55. The highest BCUT2D eigenvalue weighted by Gasteiger charge is 2.31. The smallest absolute Gasteiger partial charge is 0.0429 e. The molecule has 1 aromatic heterocycles. The minimum absolute atomic E-state index is 0.240. The van der Waals surface area contributed by atoms with E-state index in [1.807, 2.05) is 20.0 Å². The van der Waals surface area contributed by atoms with Crippen LogP contribution in [0, 0.1) is 0 Å². The molecule has 1 aromatic rings. The number of aromatic nitrogens is 1. The maximum atomic E-state index is 4.57. The first-order valence-electron chi connectivity index (χ1n) is 8.27. The van der Waals surface area contributed by atoms with Crippen molar-refractivity contribution >= 4 is 0 Å². The van der Waals surface area contributed by atoms with E-state index in [-0.39, 0.29) is 5.54 Å². The Balaban J connectivity index is 0.00000106. The van der Waals surface area contributed by atoms with E-state index in [4.69, 9.17) is 0 Å². The minimum atomic E-state index is 0.240. The summed E-state index contributed by atoms with van der Waals surface area (Å²) in [5, 5.41) is 0. The topological polar surface area (TPSA) is 19.4 Å². The van der Waals surface area contributed by atoms with Gasteiger partial charge in [0.2, 0.25) is 0 Å². The van der Waals surface area contributed by atoms with Crippen molar-refractivity contribution in [2.75, 3.05) is 26.7 Å². The molecule has 3 heteroatoms. The average Bonchev–Trinajstić information content (AvgIpc) is 2.44. The SMILES string of the molecule is CC.CC(C)c1ccc(CN2CCN(C)CC2(C)C)cn1. The zero-order valence-corrected chi connectivity index (χ0v) is 15.0. The van der Waals surface area contributed by atoms with E-state index in [1.54, 1.807) is 0 Å². The molecule has 0 atom stereocenters. The van der Waals surface area contributed by atoms with Gasteiger partial charge in [0.1, 0.15) is 0 Å². The van der Waals surface area contributed by atoms with E-state index >= 15 is 0 Å². The fourth-order valence-electron chi connectivity index (χ4n) is 2.82. The standard InChI is InChI=1S/C16H27N3.C2H6/c1-13(2)15-7-6-14(10-17-15)11-19-9-8-18(5)12-16(19,3)4;1-2/h6-7,10,13H,8-9,11-12H2,1-5H3;1-2H3. The Hall–Kier alpha value is -0.930. The molecule has 21 heavy (non-hydrogen) atoms. The Kier molecular flexibility index (Phi) is 6.82. The highest BCUT2D eigenvalue weighted by atomic mass is 15.3. The summed E-state index contributed by atoms with van der Waals surface area (Å²) in [5.74, 6) is 0.508. The van der Waals surface area contributed by atoms with Gasteiger partial charge in [0.25, 0.3) is 0 Å². The number of pyridine rings is 1. The highest BCUT2D eigenvalue weighted by molar-refractivity contribution is 5.16.